The maximum atomic E-state index is 15.2. The van der Waals surface area contributed by atoms with Crippen LogP contribution in [0.15, 0.2) is 55.1 Å². The first kappa shape index (κ1) is 22.6. The van der Waals surface area contributed by atoms with Gasteiger partial charge in [-0.05, 0) is 43.0 Å². The number of hydrogen-bond donors (Lipinski definition) is 0. The van der Waals surface area contributed by atoms with Crippen LogP contribution in [0.5, 0.6) is 0 Å². The lowest BCUT2D eigenvalue weighted by Crippen LogP contribution is -2.44. The molecule has 0 spiro atoms. The first-order chi connectivity index (χ1) is 16.8. The van der Waals surface area contributed by atoms with E-state index in [1.54, 1.807) is 17.6 Å². The van der Waals surface area contributed by atoms with Gasteiger partial charge in [0.2, 0.25) is 10.0 Å². The van der Waals surface area contributed by atoms with Crippen molar-refractivity contribution >= 4 is 15.7 Å². The molecule has 0 bridgehead atoms. The van der Waals surface area contributed by atoms with Gasteiger partial charge in [-0.25, -0.2) is 17.2 Å². The molecule has 7 nitrogen and oxygen atoms in total. The van der Waals surface area contributed by atoms with Crippen molar-refractivity contribution in [3.05, 3.63) is 77.9 Å². The van der Waals surface area contributed by atoms with Gasteiger partial charge in [0, 0.05) is 43.6 Å². The highest BCUT2D eigenvalue weighted by Crippen LogP contribution is 2.56. The summed E-state index contributed by atoms with van der Waals surface area (Å²) in [7, 11) is -3.68. The third-order valence-corrected chi connectivity index (χ3v) is 10.2. The number of nitrogens with zero attached hydrogens (tertiary/aromatic N) is 5. The number of sulfonamides is 1. The second-order valence-corrected chi connectivity index (χ2v) is 12.0. The Kier molecular flexibility index (Phi) is 5.41. The number of fused-ring (bicyclic) bond motifs is 1. The first-order valence-electron chi connectivity index (χ1n) is 12.0. The van der Waals surface area contributed by atoms with E-state index in [1.807, 2.05) is 41.8 Å². The van der Waals surface area contributed by atoms with Crippen LogP contribution in [0.3, 0.4) is 0 Å². The highest BCUT2D eigenvalue weighted by molar-refractivity contribution is 7.89. The van der Waals surface area contributed by atoms with Gasteiger partial charge in [-0.2, -0.15) is 4.31 Å². The van der Waals surface area contributed by atoms with Crippen LogP contribution in [0, 0.1) is 23.5 Å². The third kappa shape index (κ3) is 3.83. The van der Waals surface area contributed by atoms with Crippen molar-refractivity contribution in [1.82, 2.24) is 19.1 Å². The monoisotopic (exact) mass is 499 g/mol. The second kappa shape index (κ2) is 8.37. The predicted octanol–water partition coefficient (Wildman–Crippen LogP) is 3.92. The molecule has 0 radical (unpaired) electrons. The van der Waals surface area contributed by atoms with Gasteiger partial charge in [-0.15, -0.1) is 10.2 Å². The van der Waals surface area contributed by atoms with E-state index in [9.17, 15) is 8.42 Å². The fraction of sp³-hybridized carbons (Fsp3) is 0.440. The summed E-state index contributed by atoms with van der Waals surface area (Å²) in [6.45, 7) is 2.93. The topological polar surface area (TPSA) is 71.3 Å². The highest BCUT2D eigenvalue weighted by atomic mass is 32.2. The van der Waals surface area contributed by atoms with Gasteiger partial charge in [-0.1, -0.05) is 30.3 Å². The molecule has 0 amide bonds. The molecule has 2 saturated heterocycles. The van der Waals surface area contributed by atoms with Crippen molar-refractivity contribution < 1.29 is 17.2 Å². The predicted molar refractivity (Wildman–Crippen MR) is 127 cm³/mol. The van der Waals surface area contributed by atoms with Crippen LogP contribution in [-0.4, -0.2) is 46.6 Å². The summed E-state index contributed by atoms with van der Waals surface area (Å²) >= 11 is 0. The fourth-order valence-electron chi connectivity index (χ4n) is 6.03. The second-order valence-electron chi connectivity index (χ2n) is 9.96. The van der Waals surface area contributed by atoms with Crippen LogP contribution >= 0.6 is 0 Å². The average Bonchev–Trinajstić information content (AvgIpc) is 3.19. The Morgan fingerprint density at radius 1 is 0.971 bits per heavy atom. The molecule has 3 fully saturated rings. The fourth-order valence-corrected chi connectivity index (χ4v) is 8.22. The smallest absolute Gasteiger partial charge is 0.221 e. The lowest BCUT2D eigenvalue weighted by atomic mass is 10.0. The number of piperidine rings is 1. The molecule has 10 heteroatoms. The van der Waals surface area contributed by atoms with Crippen molar-refractivity contribution in [3.8, 4) is 0 Å². The molecule has 184 valence electrons. The molecule has 3 heterocycles. The Balaban J connectivity index is 1.20. The highest BCUT2D eigenvalue weighted by Gasteiger charge is 2.57. The minimum absolute atomic E-state index is 0.0276. The van der Waals surface area contributed by atoms with Crippen LogP contribution in [-0.2, 0) is 16.6 Å². The van der Waals surface area contributed by atoms with Crippen LogP contribution in [0.2, 0.25) is 0 Å². The SMILES string of the molecule is CC1CCC(c2ccccc2)S(=O)(=O)N1Cc1cc(F)c(N2CC3C(C2)C3n2cnnc2)c(F)c1. The molecule has 2 aliphatic heterocycles. The summed E-state index contributed by atoms with van der Waals surface area (Å²) in [5.74, 6) is -0.662. The maximum absolute atomic E-state index is 15.2. The zero-order valence-electron chi connectivity index (χ0n) is 19.3. The van der Waals surface area contributed by atoms with Crippen LogP contribution in [0.4, 0.5) is 14.5 Å². The molecule has 3 aromatic rings. The molecule has 0 N–H and O–H groups in total. The van der Waals surface area contributed by atoms with E-state index in [0.717, 1.165) is 5.56 Å². The maximum Gasteiger partial charge on any atom is 0.221 e. The van der Waals surface area contributed by atoms with Gasteiger partial charge in [0.1, 0.15) is 35.2 Å². The molecule has 35 heavy (non-hydrogen) atoms. The molecule has 1 saturated carbocycles. The summed E-state index contributed by atoms with van der Waals surface area (Å²) < 4.78 is 60.7. The molecule has 4 unspecified atom stereocenters. The summed E-state index contributed by atoms with van der Waals surface area (Å²) in [5.41, 5.74) is 1.04. The minimum Gasteiger partial charge on any atom is -0.366 e. The number of anilines is 1. The van der Waals surface area contributed by atoms with Gasteiger partial charge in [-0.3, -0.25) is 0 Å². The summed E-state index contributed by atoms with van der Waals surface area (Å²) in [6, 6.07) is 11.8. The van der Waals surface area contributed by atoms with Gasteiger partial charge >= 0.3 is 0 Å². The number of halogens is 2. The summed E-state index contributed by atoms with van der Waals surface area (Å²) in [6.07, 6.45) is 4.58. The number of rotatable bonds is 5. The van der Waals surface area contributed by atoms with Crippen LogP contribution < -0.4 is 4.90 Å². The summed E-state index contributed by atoms with van der Waals surface area (Å²) in [4.78, 5) is 1.76. The number of benzene rings is 2. The van der Waals surface area contributed by atoms with Crippen molar-refractivity contribution in [2.75, 3.05) is 18.0 Å². The Bertz CT molecular complexity index is 1300. The lowest BCUT2D eigenvalue weighted by Gasteiger charge is -2.37. The molecular formula is C25H27F2N5O2S. The Morgan fingerprint density at radius 2 is 1.60 bits per heavy atom. The molecule has 4 atom stereocenters. The Labute approximate surface area is 203 Å². The van der Waals surface area contributed by atoms with Gasteiger partial charge < -0.3 is 9.47 Å². The van der Waals surface area contributed by atoms with E-state index in [-0.39, 0.29) is 24.3 Å². The average molecular weight is 500 g/mol. The van der Waals surface area contributed by atoms with E-state index < -0.39 is 26.9 Å². The third-order valence-electron chi connectivity index (χ3n) is 7.86. The van der Waals surface area contributed by atoms with Crippen LogP contribution in [0.25, 0.3) is 0 Å². The van der Waals surface area contributed by atoms with E-state index >= 15 is 8.78 Å². The van der Waals surface area contributed by atoms with E-state index in [4.69, 9.17) is 0 Å². The molecular weight excluding hydrogens is 472 g/mol. The zero-order valence-corrected chi connectivity index (χ0v) is 20.2. The van der Waals surface area contributed by atoms with Crippen LogP contribution in [0.1, 0.15) is 42.2 Å². The standard InChI is InChI=1S/C25H27F2N5O2S/c1-16-7-8-23(18-5-3-2-4-6-18)35(33,34)32(16)11-17-9-21(26)25(22(27)10-17)30-12-19-20(13-30)24(19)31-14-28-29-15-31/h2-6,9-10,14-16,19-20,23-24H,7-8,11-13H2,1H3. The Hall–Kier alpha value is -2.85. The van der Waals surface area contributed by atoms with Crippen molar-refractivity contribution in [3.63, 3.8) is 0 Å². The zero-order chi connectivity index (χ0) is 24.3. The molecule has 6 rings (SSSR count). The van der Waals surface area contributed by atoms with Crippen molar-refractivity contribution in [1.29, 1.82) is 0 Å². The first-order valence-corrected chi connectivity index (χ1v) is 13.5. The van der Waals surface area contributed by atoms with Gasteiger partial charge in [0.25, 0.3) is 0 Å². The van der Waals surface area contributed by atoms with E-state index in [1.165, 1.54) is 16.4 Å². The normalized spacial score (nSPS) is 29.8. The lowest BCUT2D eigenvalue weighted by molar-refractivity contribution is 0.281. The molecule has 1 aliphatic carbocycles. The van der Waals surface area contributed by atoms with E-state index in [2.05, 4.69) is 10.2 Å². The summed E-state index contributed by atoms with van der Waals surface area (Å²) in [5, 5.41) is 7.04. The largest absolute Gasteiger partial charge is 0.366 e. The van der Waals surface area contributed by atoms with Gasteiger partial charge in [0.15, 0.2) is 0 Å². The molecule has 2 aromatic carbocycles. The Morgan fingerprint density at radius 3 is 2.23 bits per heavy atom. The molecule has 1 aromatic heterocycles. The van der Waals surface area contributed by atoms with Gasteiger partial charge in [0.05, 0.1) is 0 Å². The number of hydrogen-bond acceptors (Lipinski definition) is 5. The number of aromatic nitrogens is 3. The van der Waals surface area contributed by atoms with E-state index in [0.29, 0.717) is 43.3 Å². The quantitative estimate of drug-likeness (QED) is 0.532. The minimum atomic E-state index is -3.68. The van der Waals surface area contributed by atoms with Crippen molar-refractivity contribution in [2.45, 2.75) is 43.6 Å². The molecule has 3 aliphatic rings. The van der Waals surface area contributed by atoms with Crippen molar-refractivity contribution in [2.24, 2.45) is 11.8 Å².